The Hall–Kier alpha value is -1.92. The maximum absolute atomic E-state index is 12.1. The van der Waals surface area contributed by atoms with Gasteiger partial charge in [-0.2, -0.15) is 4.98 Å². The Morgan fingerprint density at radius 2 is 2.19 bits per heavy atom. The molecule has 3 rings (SSSR count). The van der Waals surface area contributed by atoms with Crippen LogP contribution in [0.2, 0.25) is 5.02 Å². The Labute approximate surface area is 158 Å². The fraction of sp³-hybridized carbons (Fsp3) is 0.526. The van der Waals surface area contributed by atoms with Crippen molar-refractivity contribution in [3.05, 3.63) is 35.2 Å². The van der Waals surface area contributed by atoms with Crippen LogP contribution in [0.5, 0.6) is 0 Å². The Morgan fingerprint density at radius 1 is 1.38 bits per heavy atom. The van der Waals surface area contributed by atoms with Crippen LogP contribution in [0, 0.1) is 5.92 Å². The third-order valence-electron chi connectivity index (χ3n) is 4.70. The van der Waals surface area contributed by atoms with E-state index in [1.807, 2.05) is 24.3 Å². The molecular weight excluding hydrogens is 352 g/mol. The molecular formula is C19H25ClN4O2. The van der Waals surface area contributed by atoms with E-state index in [0.29, 0.717) is 23.3 Å². The lowest BCUT2D eigenvalue weighted by Crippen LogP contribution is -2.40. The summed E-state index contributed by atoms with van der Waals surface area (Å²) in [6.07, 6.45) is 3.87. The van der Waals surface area contributed by atoms with Crippen molar-refractivity contribution >= 4 is 17.5 Å². The number of carbonyl (C=O) groups is 1. The average Bonchev–Trinajstić information content (AvgIpc) is 3.11. The summed E-state index contributed by atoms with van der Waals surface area (Å²) in [7, 11) is 0. The summed E-state index contributed by atoms with van der Waals surface area (Å²) in [6.45, 7) is 5.24. The zero-order valence-corrected chi connectivity index (χ0v) is 15.8. The van der Waals surface area contributed by atoms with Crippen LogP contribution in [0.4, 0.5) is 0 Å². The third kappa shape index (κ3) is 5.05. The van der Waals surface area contributed by atoms with Crippen molar-refractivity contribution in [2.24, 2.45) is 5.92 Å². The van der Waals surface area contributed by atoms with Gasteiger partial charge in [-0.15, -0.1) is 0 Å². The summed E-state index contributed by atoms with van der Waals surface area (Å²) in [5.74, 6) is 1.45. The zero-order valence-electron chi connectivity index (χ0n) is 15.1. The number of nitrogens with one attached hydrogen (secondary N) is 1. The summed E-state index contributed by atoms with van der Waals surface area (Å²) in [4.78, 5) is 18.9. The molecule has 0 spiro atoms. The lowest BCUT2D eigenvalue weighted by molar-refractivity contribution is -0.126. The van der Waals surface area contributed by atoms with E-state index in [1.54, 1.807) is 0 Å². The molecule has 6 nitrogen and oxygen atoms in total. The molecule has 0 unspecified atom stereocenters. The van der Waals surface area contributed by atoms with E-state index in [1.165, 1.54) is 0 Å². The Kier molecular flexibility index (Phi) is 6.63. The van der Waals surface area contributed by atoms with E-state index in [2.05, 4.69) is 27.3 Å². The van der Waals surface area contributed by atoms with Gasteiger partial charge in [0.25, 0.3) is 0 Å². The maximum atomic E-state index is 12.1. The van der Waals surface area contributed by atoms with Crippen LogP contribution in [0.1, 0.15) is 38.5 Å². The number of halogens is 1. The third-order valence-corrected chi connectivity index (χ3v) is 4.93. The molecule has 1 aromatic carbocycles. The van der Waals surface area contributed by atoms with E-state index in [9.17, 15) is 4.79 Å². The van der Waals surface area contributed by atoms with Crippen molar-refractivity contribution in [2.45, 2.75) is 39.2 Å². The van der Waals surface area contributed by atoms with Crippen molar-refractivity contribution < 1.29 is 9.32 Å². The predicted octanol–water partition coefficient (Wildman–Crippen LogP) is 3.52. The molecule has 2 aromatic rings. The minimum Gasteiger partial charge on any atom is -0.356 e. The van der Waals surface area contributed by atoms with Gasteiger partial charge in [-0.05, 0) is 44.5 Å². The topological polar surface area (TPSA) is 71.3 Å². The molecule has 1 aliphatic rings. The highest BCUT2D eigenvalue weighted by molar-refractivity contribution is 6.30. The second-order valence-corrected chi connectivity index (χ2v) is 7.15. The van der Waals surface area contributed by atoms with Crippen LogP contribution < -0.4 is 5.32 Å². The number of aromatic nitrogens is 2. The largest absolute Gasteiger partial charge is 0.356 e. The lowest BCUT2D eigenvalue weighted by atomic mass is 9.96. The standard InChI is InChI=1S/C19H25ClN4O2/c1-2-3-9-21-19(25)14-7-10-24(11-8-14)13-17-22-18(23-26-17)15-5-4-6-16(20)12-15/h4-6,12,14H,2-3,7-11,13H2,1H3,(H,21,25). The number of benzene rings is 1. The van der Waals surface area contributed by atoms with Gasteiger partial charge in [-0.25, -0.2) is 0 Å². The Bertz CT molecular complexity index is 726. The number of likely N-dealkylation sites (tertiary alicyclic amines) is 1. The molecule has 0 atom stereocenters. The molecule has 0 radical (unpaired) electrons. The number of hydrogen-bond acceptors (Lipinski definition) is 5. The van der Waals surface area contributed by atoms with Crippen LogP contribution in [0.3, 0.4) is 0 Å². The second-order valence-electron chi connectivity index (χ2n) is 6.72. The number of amides is 1. The minimum absolute atomic E-state index is 0.118. The molecule has 1 fully saturated rings. The molecule has 1 aromatic heterocycles. The summed E-state index contributed by atoms with van der Waals surface area (Å²) in [5, 5.41) is 7.72. The number of carbonyl (C=O) groups excluding carboxylic acids is 1. The van der Waals surface area contributed by atoms with Gasteiger partial charge >= 0.3 is 0 Å². The minimum atomic E-state index is 0.118. The average molecular weight is 377 g/mol. The van der Waals surface area contributed by atoms with E-state index >= 15 is 0 Å². The number of piperidine rings is 1. The maximum Gasteiger partial charge on any atom is 0.241 e. The number of rotatable bonds is 7. The predicted molar refractivity (Wildman–Crippen MR) is 101 cm³/mol. The first-order valence-electron chi connectivity index (χ1n) is 9.24. The van der Waals surface area contributed by atoms with Crippen molar-refractivity contribution in [1.82, 2.24) is 20.4 Å². The SMILES string of the molecule is CCCCNC(=O)C1CCN(Cc2nc(-c3cccc(Cl)c3)no2)CC1. The van der Waals surface area contributed by atoms with Gasteiger partial charge in [0.1, 0.15) is 0 Å². The quantitative estimate of drug-likeness (QED) is 0.748. The summed E-state index contributed by atoms with van der Waals surface area (Å²) in [5.41, 5.74) is 0.843. The van der Waals surface area contributed by atoms with Crippen LogP contribution in [-0.4, -0.2) is 40.6 Å². The molecule has 0 bridgehead atoms. The van der Waals surface area contributed by atoms with Gasteiger partial charge in [0, 0.05) is 23.0 Å². The normalized spacial score (nSPS) is 15.9. The van der Waals surface area contributed by atoms with Crippen molar-refractivity contribution in [3.8, 4) is 11.4 Å². The second kappa shape index (κ2) is 9.14. The van der Waals surface area contributed by atoms with Crippen molar-refractivity contribution in [2.75, 3.05) is 19.6 Å². The van der Waals surface area contributed by atoms with Gasteiger partial charge in [-0.3, -0.25) is 9.69 Å². The summed E-state index contributed by atoms with van der Waals surface area (Å²) in [6, 6.07) is 7.40. The monoisotopic (exact) mass is 376 g/mol. The molecule has 1 N–H and O–H groups in total. The first-order chi connectivity index (χ1) is 12.7. The number of unbranched alkanes of at least 4 members (excludes halogenated alkanes) is 1. The molecule has 1 saturated heterocycles. The molecule has 140 valence electrons. The van der Waals surface area contributed by atoms with E-state index < -0.39 is 0 Å². The lowest BCUT2D eigenvalue weighted by Gasteiger charge is -2.30. The van der Waals surface area contributed by atoms with Gasteiger partial charge in [-0.1, -0.05) is 42.2 Å². The fourth-order valence-electron chi connectivity index (χ4n) is 3.14. The molecule has 1 aliphatic heterocycles. The van der Waals surface area contributed by atoms with Crippen molar-refractivity contribution in [3.63, 3.8) is 0 Å². The first kappa shape index (κ1) is 18.9. The highest BCUT2D eigenvalue weighted by atomic mass is 35.5. The molecule has 1 amide bonds. The van der Waals surface area contributed by atoms with Crippen LogP contribution in [-0.2, 0) is 11.3 Å². The first-order valence-corrected chi connectivity index (χ1v) is 9.62. The van der Waals surface area contributed by atoms with Gasteiger partial charge in [0.15, 0.2) is 0 Å². The molecule has 26 heavy (non-hydrogen) atoms. The molecule has 0 saturated carbocycles. The van der Waals surface area contributed by atoms with Crippen LogP contribution >= 0.6 is 11.6 Å². The van der Waals surface area contributed by atoms with E-state index in [4.69, 9.17) is 16.1 Å². The van der Waals surface area contributed by atoms with E-state index in [0.717, 1.165) is 50.9 Å². The fourth-order valence-corrected chi connectivity index (χ4v) is 3.33. The highest BCUT2D eigenvalue weighted by Crippen LogP contribution is 2.22. The van der Waals surface area contributed by atoms with Gasteiger partial charge in [0.05, 0.1) is 6.54 Å². The molecule has 0 aliphatic carbocycles. The van der Waals surface area contributed by atoms with Crippen LogP contribution in [0.15, 0.2) is 28.8 Å². The van der Waals surface area contributed by atoms with Gasteiger partial charge < -0.3 is 9.84 Å². The zero-order chi connectivity index (χ0) is 18.4. The Balaban J connectivity index is 1.48. The number of nitrogens with zero attached hydrogens (tertiary/aromatic N) is 3. The van der Waals surface area contributed by atoms with Crippen LogP contribution in [0.25, 0.3) is 11.4 Å². The molecule has 2 heterocycles. The van der Waals surface area contributed by atoms with Gasteiger partial charge in [0.2, 0.25) is 17.6 Å². The summed E-state index contributed by atoms with van der Waals surface area (Å²) < 4.78 is 5.38. The number of hydrogen-bond donors (Lipinski definition) is 1. The van der Waals surface area contributed by atoms with Crippen molar-refractivity contribution in [1.29, 1.82) is 0 Å². The highest BCUT2D eigenvalue weighted by Gasteiger charge is 2.25. The van der Waals surface area contributed by atoms with E-state index in [-0.39, 0.29) is 11.8 Å². The summed E-state index contributed by atoms with van der Waals surface area (Å²) >= 11 is 6.01. The Morgan fingerprint density at radius 3 is 2.92 bits per heavy atom. The smallest absolute Gasteiger partial charge is 0.241 e. The molecule has 7 heteroatoms.